The third-order valence-electron chi connectivity index (χ3n) is 2.77. The van der Waals surface area contributed by atoms with E-state index in [0.717, 1.165) is 22.2 Å². The first-order valence-electron chi connectivity index (χ1n) is 5.80. The van der Waals surface area contributed by atoms with E-state index in [4.69, 9.17) is 0 Å². The zero-order valence-electron chi connectivity index (χ0n) is 10.7. The van der Waals surface area contributed by atoms with E-state index in [2.05, 4.69) is 4.98 Å². The van der Waals surface area contributed by atoms with E-state index in [1.165, 1.54) is 0 Å². The predicted molar refractivity (Wildman–Crippen MR) is 70.3 cm³/mol. The maximum Gasteiger partial charge on any atom is 0.168 e. The lowest BCUT2D eigenvalue weighted by Crippen LogP contribution is -2.20. The molecule has 0 aliphatic heterocycles. The molecule has 1 heterocycles. The van der Waals surface area contributed by atoms with Crippen LogP contribution < -0.4 is 0 Å². The lowest BCUT2D eigenvalue weighted by molar-refractivity contribution is 0.0858. The Morgan fingerprint density at radius 3 is 2.47 bits per heavy atom. The summed E-state index contributed by atoms with van der Waals surface area (Å²) >= 11 is 0. The smallest absolute Gasteiger partial charge is 0.168 e. The molecule has 1 aromatic heterocycles. The fraction of sp³-hybridized carbons (Fsp3) is 0.333. The van der Waals surface area contributed by atoms with Gasteiger partial charge in [0.15, 0.2) is 5.78 Å². The molecular weight excluding hydrogens is 210 g/mol. The van der Waals surface area contributed by atoms with Crippen LogP contribution in [0.1, 0.15) is 36.8 Å². The van der Waals surface area contributed by atoms with Crippen molar-refractivity contribution < 1.29 is 4.79 Å². The Kier molecular flexibility index (Phi) is 2.74. The van der Waals surface area contributed by atoms with Crippen molar-refractivity contribution in [2.24, 2.45) is 5.41 Å². The average molecular weight is 227 g/mol. The molecular formula is C15H17NO. The Bertz CT molecular complexity index is 579. The SMILES string of the molecule is Cc1ccc2cc(C(=O)C(C)(C)C)ccc2n1. The Labute approximate surface area is 102 Å². The van der Waals surface area contributed by atoms with Gasteiger partial charge in [0.1, 0.15) is 0 Å². The minimum Gasteiger partial charge on any atom is -0.294 e. The summed E-state index contributed by atoms with van der Waals surface area (Å²) in [7, 11) is 0. The Balaban J connectivity index is 2.52. The molecule has 88 valence electrons. The van der Waals surface area contributed by atoms with E-state index in [0.29, 0.717) is 0 Å². The highest BCUT2D eigenvalue weighted by atomic mass is 16.1. The van der Waals surface area contributed by atoms with Crippen LogP contribution in [-0.2, 0) is 0 Å². The van der Waals surface area contributed by atoms with Crippen LogP contribution in [0.4, 0.5) is 0 Å². The van der Waals surface area contributed by atoms with Crippen molar-refractivity contribution in [2.45, 2.75) is 27.7 Å². The van der Waals surface area contributed by atoms with Gasteiger partial charge in [-0.05, 0) is 31.2 Å². The third-order valence-corrected chi connectivity index (χ3v) is 2.77. The number of aryl methyl sites for hydroxylation is 1. The van der Waals surface area contributed by atoms with Crippen molar-refractivity contribution in [3.05, 3.63) is 41.6 Å². The zero-order valence-corrected chi connectivity index (χ0v) is 10.7. The van der Waals surface area contributed by atoms with Crippen LogP contribution in [0.2, 0.25) is 0 Å². The van der Waals surface area contributed by atoms with Crippen molar-refractivity contribution in [1.82, 2.24) is 4.98 Å². The van der Waals surface area contributed by atoms with Gasteiger partial charge < -0.3 is 0 Å². The number of benzene rings is 1. The van der Waals surface area contributed by atoms with Crippen molar-refractivity contribution >= 4 is 16.7 Å². The van der Waals surface area contributed by atoms with Gasteiger partial charge in [-0.3, -0.25) is 9.78 Å². The number of carbonyl (C=O) groups excluding carboxylic acids is 1. The van der Waals surface area contributed by atoms with Crippen LogP contribution in [0.25, 0.3) is 10.9 Å². The maximum absolute atomic E-state index is 12.2. The first-order chi connectivity index (χ1) is 7.88. The predicted octanol–water partition coefficient (Wildman–Crippen LogP) is 3.77. The van der Waals surface area contributed by atoms with Gasteiger partial charge in [-0.15, -0.1) is 0 Å². The second kappa shape index (κ2) is 3.95. The van der Waals surface area contributed by atoms with Crippen LogP contribution in [0, 0.1) is 12.3 Å². The zero-order chi connectivity index (χ0) is 12.6. The van der Waals surface area contributed by atoms with E-state index >= 15 is 0 Å². The number of hydrogen-bond donors (Lipinski definition) is 0. The van der Waals surface area contributed by atoms with Crippen LogP contribution in [0.5, 0.6) is 0 Å². The summed E-state index contributed by atoms with van der Waals surface area (Å²) in [5, 5.41) is 1.02. The summed E-state index contributed by atoms with van der Waals surface area (Å²) in [6, 6.07) is 9.68. The van der Waals surface area contributed by atoms with Crippen molar-refractivity contribution in [1.29, 1.82) is 0 Å². The molecule has 0 amide bonds. The minimum atomic E-state index is -0.341. The Hall–Kier alpha value is -1.70. The fourth-order valence-electron chi connectivity index (χ4n) is 1.80. The molecule has 2 nitrogen and oxygen atoms in total. The summed E-state index contributed by atoms with van der Waals surface area (Å²) in [6.45, 7) is 7.78. The number of rotatable bonds is 1. The lowest BCUT2D eigenvalue weighted by Gasteiger charge is -2.16. The second-order valence-corrected chi connectivity index (χ2v) is 5.44. The second-order valence-electron chi connectivity index (χ2n) is 5.44. The minimum absolute atomic E-state index is 0.167. The number of hydrogen-bond acceptors (Lipinski definition) is 2. The van der Waals surface area contributed by atoms with Gasteiger partial charge >= 0.3 is 0 Å². The fourth-order valence-corrected chi connectivity index (χ4v) is 1.80. The maximum atomic E-state index is 12.2. The molecule has 2 aromatic rings. The summed E-state index contributed by atoms with van der Waals surface area (Å²) < 4.78 is 0. The number of Topliss-reactive ketones (excluding diaryl/α,β-unsaturated/α-hetero) is 1. The molecule has 2 heteroatoms. The molecule has 0 unspecified atom stereocenters. The van der Waals surface area contributed by atoms with Crippen molar-refractivity contribution in [2.75, 3.05) is 0 Å². The highest BCUT2D eigenvalue weighted by Gasteiger charge is 2.22. The molecule has 0 spiro atoms. The van der Waals surface area contributed by atoms with E-state index in [1.807, 2.05) is 58.0 Å². The van der Waals surface area contributed by atoms with Gasteiger partial charge in [0.2, 0.25) is 0 Å². The van der Waals surface area contributed by atoms with Crippen molar-refractivity contribution in [3.63, 3.8) is 0 Å². The van der Waals surface area contributed by atoms with Gasteiger partial charge in [-0.2, -0.15) is 0 Å². The number of aromatic nitrogens is 1. The molecule has 0 radical (unpaired) electrons. The quantitative estimate of drug-likeness (QED) is 0.694. The van der Waals surface area contributed by atoms with E-state index in [1.54, 1.807) is 0 Å². The number of carbonyl (C=O) groups is 1. The van der Waals surface area contributed by atoms with Gasteiger partial charge in [-0.25, -0.2) is 0 Å². The molecule has 0 aliphatic carbocycles. The van der Waals surface area contributed by atoms with Crippen LogP contribution in [0.15, 0.2) is 30.3 Å². The van der Waals surface area contributed by atoms with Crippen LogP contribution >= 0.6 is 0 Å². The molecule has 17 heavy (non-hydrogen) atoms. The molecule has 0 bridgehead atoms. The molecule has 0 saturated heterocycles. The Morgan fingerprint density at radius 2 is 1.82 bits per heavy atom. The normalized spacial score (nSPS) is 11.8. The molecule has 1 aromatic carbocycles. The number of nitrogens with zero attached hydrogens (tertiary/aromatic N) is 1. The number of ketones is 1. The highest BCUT2D eigenvalue weighted by Crippen LogP contribution is 2.23. The van der Waals surface area contributed by atoms with Crippen LogP contribution in [0.3, 0.4) is 0 Å². The summed E-state index contributed by atoms with van der Waals surface area (Å²) in [5.41, 5.74) is 2.35. The molecule has 0 fully saturated rings. The Morgan fingerprint density at radius 1 is 1.12 bits per heavy atom. The highest BCUT2D eigenvalue weighted by molar-refractivity contribution is 6.02. The molecule has 0 N–H and O–H groups in total. The molecule has 0 aliphatic rings. The van der Waals surface area contributed by atoms with Crippen LogP contribution in [-0.4, -0.2) is 10.8 Å². The molecule has 0 atom stereocenters. The van der Waals surface area contributed by atoms with Gasteiger partial charge in [0.25, 0.3) is 0 Å². The average Bonchev–Trinajstić information content (AvgIpc) is 2.26. The number of pyridine rings is 1. The van der Waals surface area contributed by atoms with Gasteiger partial charge in [0.05, 0.1) is 5.52 Å². The molecule has 2 rings (SSSR count). The van der Waals surface area contributed by atoms with Gasteiger partial charge in [0, 0.05) is 22.1 Å². The van der Waals surface area contributed by atoms with E-state index in [-0.39, 0.29) is 11.2 Å². The first-order valence-corrected chi connectivity index (χ1v) is 5.80. The third kappa shape index (κ3) is 2.36. The van der Waals surface area contributed by atoms with E-state index < -0.39 is 0 Å². The molecule has 0 saturated carbocycles. The summed E-state index contributed by atoms with van der Waals surface area (Å²) in [6.07, 6.45) is 0. The monoisotopic (exact) mass is 227 g/mol. The first kappa shape index (κ1) is 11.8. The number of fused-ring (bicyclic) bond motifs is 1. The van der Waals surface area contributed by atoms with Gasteiger partial charge in [-0.1, -0.05) is 26.8 Å². The largest absolute Gasteiger partial charge is 0.294 e. The lowest BCUT2D eigenvalue weighted by atomic mass is 9.86. The van der Waals surface area contributed by atoms with Crippen molar-refractivity contribution in [3.8, 4) is 0 Å². The topological polar surface area (TPSA) is 30.0 Å². The van der Waals surface area contributed by atoms with E-state index in [9.17, 15) is 4.79 Å². The standard InChI is InChI=1S/C15H17NO/c1-10-5-6-11-9-12(7-8-13(11)16-10)14(17)15(2,3)4/h5-9H,1-4H3. The summed E-state index contributed by atoms with van der Waals surface area (Å²) in [4.78, 5) is 16.6. The summed E-state index contributed by atoms with van der Waals surface area (Å²) in [5.74, 6) is 0.167.